The number of nitrogens with two attached hydrogens (primary N) is 1. The Morgan fingerprint density at radius 1 is 1.13 bits per heavy atom. The molecule has 1 aromatic heterocycles. The first-order valence-corrected chi connectivity index (χ1v) is 7.99. The Morgan fingerprint density at radius 3 is 2.52 bits per heavy atom. The van der Waals surface area contributed by atoms with E-state index in [1.807, 2.05) is 30.3 Å². The van der Waals surface area contributed by atoms with Crippen LogP contribution in [0.2, 0.25) is 5.02 Å². The molecule has 0 unspecified atom stereocenters. The van der Waals surface area contributed by atoms with Crippen LogP contribution in [0.15, 0.2) is 36.7 Å². The van der Waals surface area contributed by atoms with Gasteiger partial charge in [-0.2, -0.15) is 0 Å². The average Bonchev–Trinajstić information content (AvgIpc) is 2.59. The lowest BCUT2D eigenvalue weighted by Crippen LogP contribution is -2.48. The Hall–Kier alpha value is -1.89. The van der Waals surface area contributed by atoms with E-state index in [4.69, 9.17) is 17.3 Å². The first-order chi connectivity index (χ1) is 11.1. The van der Waals surface area contributed by atoms with Crippen LogP contribution in [-0.2, 0) is 0 Å². The second kappa shape index (κ2) is 7.12. The second-order valence-corrected chi connectivity index (χ2v) is 5.99. The van der Waals surface area contributed by atoms with E-state index in [1.165, 1.54) is 6.33 Å². The predicted octanol–water partition coefficient (Wildman–Crippen LogP) is 1.57. The molecular weight excluding hydrogens is 314 g/mol. The Morgan fingerprint density at radius 2 is 1.83 bits per heavy atom. The van der Waals surface area contributed by atoms with Gasteiger partial charge in [0, 0.05) is 32.7 Å². The molecule has 0 spiro atoms. The van der Waals surface area contributed by atoms with Crippen molar-refractivity contribution in [2.45, 2.75) is 6.10 Å². The van der Waals surface area contributed by atoms with Gasteiger partial charge < -0.3 is 15.7 Å². The van der Waals surface area contributed by atoms with Crippen molar-refractivity contribution in [1.29, 1.82) is 0 Å². The van der Waals surface area contributed by atoms with E-state index in [0.717, 1.165) is 31.7 Å². The number of benzene rings is 1. The molecule has 7 heteroatoms. The van der Waals surface area contributed by atoms with Gasteiger partial charge in [-0.3, -0.25) is 4.90 Å². The van der Waals surface area contributed by atoms with Gasteiger partial charge >= 0.3 is 0 Å². The van der Waals surface area contributed by atoms with Crippen molar-refractivity contribution < 1.29 is 5.11 Å². The summed E-state index contributed by atoms with van der Waals surface area (Å²) in [5.41, 5.74) is 6.68. The van der Waals surface area contributed by atoms with Crippen molar-refractivity contribution in [3.8, 4) is 0 Å². The van der Waals surface area contributed by atoms with Gasteiger partial charge in [-0.15, -0.1) is 0 Å². The standard InChI is InChI=1S/C16H20ClN5O/c17-14-15(18)19-11-20-16(14)22-8-6-21(7-9-22)10-13(23)12-4-2-1-3-5-12/h1-5,11,13,23H,6-10H2,(H2,18,19,20)/t13-/m1/s1. The van der Waals surface area contributed by atoms with Gasteiger partial charge in [0.25, 0.3) is 0 Å². The summed E-state index contributed by atoms with van der Waals surface area (Å²) in [6, 6.07) is 9.73. The fraction of sp³-hybridized carbons (Fsp3) is 0.375. The van der Waals surface area contributed by atoms with Gasteiger partial charge in [0.2, 0.25) is 0 Å². The third-order valence-electron chi connectivity index (χ3n) is 4.09. The van der Waals surface area contributed by atoms with E-state index < -0.39 is 6.10 Å². The Balaban J connectivity index is 1.57. The molecule has 2 heterocycles. The van der Waals surface area contributed by atoms with Crippen LogP contribution in [0.3, 0.4) is 0 Å². The van der Waals surface area contributed by atoms with Gasteiger partial charge in [0.05, 0.1) is 6.10 Å². The number of nitrogen functional groups attached to an aromatic ring is 1. The minimum Gasteiger partial charge on any atom is -0.387 e. The van der Waals surface area contributed by atoms with Crippen LogP contribution >= 0.6 is 11.6 Å². The Labute approximate surface area is 140 Å². The maximum absolute atomic E-state index is 10.3. The van der Waals surface area contributed by atoms with E-state index in [2.05, 4.69) is 19.8 Å². The minimum absolute atomic E-state index is 0.304. The molecular formula is C16H20ClN5O. The first kappa shape index (κ1) is 16.0. The molecule has 3 N–H and O–H groups in total. The van der Waals surface area contributed by atoms with E-state index in [9.17, 15) is 5.11 Å². The summed E-state index contributed by atoms with van der Waals surface area (Å²) in [7, 11) is 0. The number of nitrogens with zero attached hydrogens (tertiary/aromatic N) is 4. The predicted molar refractivity (Wildman–Crippen MR) is 91.5 cm³/mol. The largest absolute Gasteiger partial charge is 0.387 e. The van der Waals surface area contributed by atoms with Crippen LogP contribution < -0.4 is 10.6 Å². The Kier molecular flexibility index (Phi) is 4.95. The summed E-state index contributed by atoms with van der Waals surface area (Å²) in [6.07, 6.45) is 0.961. The summed E-state index contributed by atoms with van der Waals surface area (Å²) >= 11 is 6.18. The molecule has 1 saturated heterocycles. The molecule has 3 rings (SSSR count). The zero-order chi connectivity index (χ0) is 16.2. The third kappa shape index (κ3) is 3.72. The fourth-order valence-corrected chi connectivity index (χ4v) is 2.98. The number of hydrogen-bond donors (Lipinski definition) is 2. The van der Waals surface area contributed by atoms with Crippen LogP contribution in [0.4, 0.5) is 11.6 Å². The third-order valence-corrected chi connectivity index (χ3v) is 4.45. The average molecular weight is 334 g/mol. The minimum atomic E-state index is -0.471. The van der Waals surface area contributed by atoms with Crippen LogP contribution in [0.25, 0.3) is 0 Å². The van der Waals surface area contributed by atoms with Gasteiger partial charge in [-0.1, -0.05) is 41.9 Å². The lowest BCUT2D eigenvalue weighted by molar-refractivity contribution is 0.109. The summed E-state index contributed by atoms with van der Waals surface area (Å²) in [5.74, 6) is 0.987. The molecule has 0 saturated carbocycles. The molecule has 1 aliphatic rings. The molecule has 1 fully saturated rings. The highest BCUT2D eigenvalue weighted by molar-refractivity contribution is 6.35. The topological polar surface area (TPSA) is 78.5 Å². The Bertz CT molecular complexity index is 646. The number of anilines is 2. The van der Waals surface area contributed by atoms with Gasteiger partial charge in [0.15, 0.2) is 5.82 Å². The zero-order valence-corrected chi connectivity index (χ0v) is 13.5. The molecule has 1 aromatic carbocycles. The summed E-state index contributed by atoms with van der Waals surface area (Å²) in [4.78, 5) is 12.5. The second-order valence-electron chi connectivity index (χ2n) is 5.61. The van der Waals surface area contributed by atoms with Crippen molar-refractivity contribution in [2.24, 2.45) is 0 Å². The van der Waals surface area contributed by atoms with Crippen LogP contribution in [-0.4, -0.2) is 52.7 Å². The number of aliphatic hydroxyl groups is 1. The monoisotopic (exact) mass is 333 g/mol. The molecule has 0 aliphatic carbocycles. The highest BCUT2D eigenvalue weighted by atomic mass is 35.5. The normalized spacial score (nSPS) is 17.2. The van der Waals surface area contributed by atoms with Crippen LogP contribution in [0, 0.1) is 0 Å². The van der Waals surface area contributed by atoms with E-state index in [0.29, 0.717) is 23.2 Å². The number of rotatable bonds is 4. The van der Waals surface area contributed by atoms with Crippen molar-refractivity contribution in [3.05, 3.63) is 47.2 Å². The van der Waals surface area contributed by atoms with Crippen molar-refractivity contribution in [2.75, 3.05) is 43.4 Å². The maximum Gasteiger partial charge on any atom is 0.153 e. The summed E-state index contributed by atoms with van der Waals surface area (Å²) in [6.45, 7) is 3.88. The molecule has 1 atom stereocenters. The van der Waals surface area contributed by atoms with Crippen LogP contribution in [0.1, 0.15) is 11.7 Å². The SMILES string of the molecule is Nc1ncnc(N2CCN(C[C@@H](O)c3ccccc3)CC2)c1Cl. The van der Waals surface area contributed by atoms with Crippen molar-refractivity contribution >= 4 is 23.2 Å². The smallest absolute Gasteiger partial charge is 0.153 e. The van der Waals surface area contributed by atoms with Gasteiger partial charge in [-0.25, -0.2) is 9.97 Å². The van der Waals surface area contributed by atoms with Gasteiger partial charge in [0.1, 0.15) is 17.2 Å². The molecule has 1 aliphatic heterocycles. The van der Waals surface area contributed by atoms with Crippen LogP contribution in [0.5, 0.6) is 0 Å². The summed E-state index contributed by atoms with van der Waals surface area (Å²) in [5, 5.41) is 10.7. The maximum atomic E-state index is 10.3. The number of piperazine rings is 1. The van der Waals surface area contributed by atoms with E-state index >= 15 is 0 Å². The summed E-state index contributed by atoms with van der Waals surface area (Å²) < 4.78 is 0. The zero-order valence-electron chi connectivity index (χ0n) is 12.8. The van der Waals surface area contributed by atoms with E-state index in [1.54, 1.807) is 0 Å². The lowest BCUT2D eigenvalue weighted by Gasteiger charge is -2.36. The number of hydrogen-bond acceptors (Lipinski definition) is 6. The molecule has 6 nitrogen and oxygen atoms in total. The number of aromatic nitrogens is 2. The highest BCUT2D eigenvalue weighted by Crippen LogP contribution is 2.27. The number of halogens is 1. The van der Waals surface area contributed by atoms with Crippen molar-refractivity contribution in [3.63, 3.8) is 0 Å². The molecule has 0 bridgehead atoms. The van der Waals surface area contributed by atoms with Crippen molar-refractivity contribution in [1.82, 2.24) is 14.9 Å². The molecule has 23 heavy (non-hydrogen) atoms. The number of aliphatic hydroxyl groups excluding tert-OH is 1. The number of β-amino-alcohol motifs (C(OH)–C–C–N with tert-alkyl or cyclic N) is 1. The van der Waals surface area contributed by atoms with E-state index in [-0.39, 0.29) is 0 Å². The highest BCUT2D eigenvalue weighted by Gasteiger charge is 2.22. The van der Waals surface area contributed by atoms with Gasteiger partial charge in [-0.05, 0) is 5.56 Å². The molecule has 2 aromatic rings. The molecule has 0 radical (unpaired) electrons. The fourth-order valence-electron chi connectivity index (χ4n) is 2.76. The molecule has 0 amide bonds. The lowest BCUT2D eigenvalue weighted by atomic mass is 10.1. The first-order valence-electron chi connectivity index (χ1n) is 7.61. The molecule has 122 valence electrons. The quantitative estimate of drug-likeness (QED) is 0.884.